The first-order valence-corrected chi connectivity index (χ1v) is 7.26. The number of ether oxygens (including phenoxy) is 1. The van der Waals surface area contributed by atoms with Gasteiger partial charge in [-0.25, -0.2) is 4.68 Å². The van der Waals surface area contributed by atoms with Crippen molar-refractivity contribution in [1.29, 1.82) is 0 Å². The molecule has 22 heavy (non-hydrogen) atoms. The molecule has 7 heteroatoms. The second-order valence-electron chi connectivity index (χ2n) is 5.53. The summed E-state index contributed by atoms with van der Waals surface area (Å²) >= 11 is 0. The minimum absolute atomic E-state index is 0.0189. The lowest BCUT2D eigenvalue weighted by atomic mass is 10.2. The molecule has 1 aromatic heterocycles. The Bertz CT molecular complexity index is 585. The molecule has 0 aliphatic heterocycles. The van der Waals surface area contributed by atoms with Crippen LogP contribution in [0.2, 0.25) is 0 Å². The summed E-state index contributed by atoms with van der Waals surface area (Å²) in [5, 5.41) is 11.0. The van der Waals surface area contributed by atoms with Crippen molar-refractivity contribution in [1.82, 2.24) is 25.1 Å². The van der Waals surface area contributed by atoms with Crippen molar-refractivity contribution < 1.29 is 9.53 Å². The highest BCUT2D eigenvalue weighted by atomic mass is 16.5. The Hall–Kier alpha value is -2.44. The Morgan fingerprint density at radius 3 is 2.32 bits per heavy atom. The lowest BCUT2D eigenvalue weighted by molar-refractivity contribution is -0.136. The van der Waals surface area contributed by atoms with Gasteiger partial charge in [-0.2, -0.15) is 0 Å². The number of aromatic nitrogens is 4. The molecule has 0 saturated carbocycles. The first kappa shape index (κ1) is 15.9. The monoisotopic (exact) mass is 303 g/mol. The number of carbonyl (C=O) groups is 1. The molecular weight excluding hydrogens is 282 g/mol. The minimum atomic E-state index is -0.0189. The van der Waals surface area contributed by atoms with Crippen LogP contribution in [0.1, 0.15) is 27.7 Å². The number of amides is 1. The van der Waals surface area contributed by atoms with Crippen molar-refractivity contribution in [3.63, 3.8) is 0 Å². The van der Waals surface area contributed by atoms with Gasteiger partial charge in [0.2, 0.25) is 0 Å². The number of tetrazole rings is 1. The Balaban J connectivity index is 1.95. The summed E-state index contributed by atoms with van der Waals surface area (Å²) in [7, 11) is 0. The van der Waals surface area contributed by atoms with Gasteiger partial charge in [-0.15, -0.1) is 5.10 Å². The molecule has 0 unspecified atom stereocenters. The zero-order valence-electron chi connectivity index (χ0n) is 13.3. The normalized spacial score (nSPS) is 11.0. The molecule has 1 heterocycles. The van der Waals surface area contributed by atoms with Crippen molar-refractivity contribution in [2.24, 2.45) is 0 Å². The summed E-state index contributed by atoms with van der Waals surface area (Å²) in [4.78, 5) is 14.0. The van der Waals surface area contributed by atoms with Gasteiger partial charge in [0.1, 0.15) is 12.1 Å². The standard InChI is InChI=1S/C15H21N5O2/c1-11(2)20(12(3)4)15(21)9-22-14-7-5-13(6-8-14)19-10-16-17-18-19/h5-8,10-12H,9H2,1-4H3. The summed E-state index contributed by atoms with van der Waals surface area (Å²) in [6, 6.07) is 7.55. The predicted octanol–water partition coefficient (Wildman–Crippen LogP) is 1.69. The number of benzene rings is 1. The molecule has 2 rings (SSSR count). The third-order valence-corrected chi connectivity index (χ3v) is 3.21. The molecule has 0 bridgehead atoms. The average Bonchev–Trinajstić information content (AvgIpc) is 2.99. The Morgan fingerprint density at radius 1 is 1.18 bits per heavy atom. The average molecular weight is 303 g/mol. The van der Waals surface area contributed by atoms with Gasteiger partial charge in [0.05, 0.1) is 5.69 Å². The predicted molar refractivity (Wildman–Crippen MR) is 81.8 cm³/mol. The second kappa shape index (κ2) is 7.02. The fourth-order valence-corrected chi connectivity index (χ4v) is 2.37. The largest absolute Gasteiger partial charge is 0.484 e. The van der Waals surface area contributed by atoms with E-state index >= 15 is 0 Å². The van der Waals surface area contributed by atoms with Gasteiger partial charge in [0.25, 0.3) is 5.91 Å². The van der Waals surface area contributed by atoms with Gasteiger partial charge >= 0.3 is 0 Å². The summed E-state index contributed by atoms with van der Waals surface area (Å²) in [5.41, 5.74) is 0.828. The van der Waals surface area contributed by atoms with Crippen LogP contribution < -0.4 is 4.74 Å². The van der Waals surface area contributed by atoms with Crippen LogP contribution in [-0.2, 0) is 4.79 Å². The topological polar surface area (TPSA) is 73.1 Å². The van der Waals surface area contributed by atoms with E-state index in [1.165, 1.54) is 6.33 Å². The number of carbonyl (C=O) groups excluding carboxylic acids is 1. The van der Waals surface area contributed by atoms with E-state index in [0.29, 0.717) is 5.75 Å². The van der Waals surface area contributed by atoms with Crippen molar-refractivity contribution in [2.75, 3.05) is 6.61 Å². The maximum absolute atomic E-state index is 12.2. The number of nitrogens with zero attached hydrogens (tertiary/aromatic N) is 5. The van der Waals surface area contributed by atoms with E-state index in [4.69, 9.17) is 4.74 Å². The first-order chi connectivity index (χ1) is 10.5. The Kier molecular flexibility index (Phi) is 5.08. The van der Waals surface area contributed by atoms with E-state index in [1.54, 1.807) is 16.8 Å². The summed E-state index contributed by atoms with van der Waals surface area (Å²) in [6.07, 6.45) is 1.52. The molecule has 1 aromatic carbocycles. The zero-order chi connectivity index (χ0) is 16.1. The highest BCUT2D eigenvalue weighted by Gasteiger charge is 2.20. The lowest BCUT2D eigenvalue weighted by Gasteiger charge is -2.30. The van der Waals surface area contributed by atoms with E-state index in [9.17, 15) is 4.79 Å². The van der Waals surface area contributed by atoms with E-state index in [-0.39, 0.29) is 24.6 Å². The highest BCUT2D eigenvalue weighted by Crippen LogP contribution is 2.15. The molecule has 0 radical (unpaired) electrons. The van der Waals surface area contributed by atoms with Crippen molar-refractivity contribution in [3.05, 3.63) is 30.6 Å². The summed E-state index contributed by atoms with van der Waals surface area (Å²) < 4.78 is 7.12. The highest BCUT2D eigenvalue weighted by molar-refractivity contribution is 5.78. The van der Waals surface area contributed by atoms with Gasteiger partial charge in [0.15, 0.2) is 6.61 Å². The molecule has 0 spiro atoms. The van der Waals surface area contributed by atoms with Gasteiger partial charge < -0.3 is 9.64 Å². The Morgan fingerprint density at radius 2 is 1.82 bits per heavy atom. The van der Waals surface area contributed by atoms with Crippen molar-refractivity contribution >= 4 is 5.91 Å². The molecule has 0 aliphatic carbocycles. The van der Waals surface area contributed by atoms with Gasteiger partial charge in [-0.05, 0) is 62.4 Å². The SMILES string of the molecule is CC(C)N(C(=O)COc1ccc(-n2cnnn2)cc1)C(C)C. The van der Waals surface area contributed by atoms with Crippen molar-refractivity contribution in [2.45, 2.75) is 39.8 Å². The maximum Gasteiger partial charge on any atom is 0.260 e. The molecule has 7 nitrogen and oxygen atoms in total. The van der Waals surface area contributed by atoms with Crippen LogP contribution in [0.4, 0.5) is 0 Å². The quantitative estimate of drug-likeness (QED) is 0.812. The van der Waals surface area contributed by atoms with Crippen molar-refractivity contribution in [3.8, 4) is 11.4 Å². The molecule has 118 valence electrons. The number of hydrogen-bond acceptors (Lipinski definition) is 5. The van der Waals surface area contributed by atoms with Crippen LogP contribution in [-0.4, -0.2) is 49.7 Å². The van der Waals surface area contributed by atoms with Crippen LogP contribution in [0.3, 0.4) is 0 Å². The number of hydrogen-bond donors (Lipinski definition) is 0. The fourth-order valence-electron chi connectivity index (χ4n) is 2.37. The second-order valence-corrected chi connectivity index (χ2v) is 5.53. The molecule has 0 aliphatic rings. The van der Waals surface area contributed by atoms with Gasteiger partial charge in [-0.3, -0.25) is 4.79 Å². The van der Waals surface area contributed by atoms with Crippen LogP contribution in [0.25, 0.3) is 5.69 Å². The molecular formula is C15H21N5O2. The maximum atomic E-state index is 12.2. The van der Waals surface area contributed by atoms with E-state index < -0.39 is 0 Å². The minimum Gasteiger partial charge on any atom is -0.484 e. The summed E-state index contributed by atoms with van der Waals surface area (Å²) in [5.74, 6) is 0.618. The molecule has 0 N–H and O–H groups in total. The lowest BCUT2D eigenvalue weighted by Crippen LogP contribution is -2.44. The molecule has 0 fully saturated rings. The first-order valence-electron chi connectivity index (χ1n) is 7.26. The van der Waals surface area contributed by atoms with E-state index in [0.717, 1.165) is 5.69 Å². The smallest absolute Gasteiger partial charge is 0.260 e. The third kappa shape index (κ3) is 3.81. The Labute approximate surface area is 129 Å². The molecule has 0 atom stereocenters. The van der Waals surface area contributed by atoms with Crippen LogP contribution in [0, 0.1) is 0 Å². The molecule has 2 aromatic rings. The van der Waals surface area contributed by atoms with Gasteiger partial charge in [0, 0.05) is 12.1 Å². The zero-order valence-corrected chi connectivity index (χ0v) is 13.3. The van der Waals surface area contributed by atoms with E-state index in [1.807, 2.05) is 44.7 Å². The van der Waals surface area contributed by atoms with E-state index in [2.05, 4.69) is 15.5 Å². The van der Waals surface area contributed by atoms with Crippen LogP contribution >= 0.6 is 0 Å². The third-order valence-electron chi connectivity index (χ3n) is 3.21. The van der Waals surface area contributed by atoms with Crippen LogP contribution in [0.5, 0.6) is 5.75 Å². The fraction of sp³-hybridized carbons (Fsp3) is 0.467. The van der Waals surface area contributed by atoms with Gasteiger partial charge in [-0.1, -0.05) is 0 Å². The summed E-state index contributed by atoms with van der Waals surface area (Å²) in [6.45, 7) is 8.02. The molecule has 0 saturated heterocycles. The molecule has 1 amide bonds. The number of rotatable bonds is 6. The van der Waals surface area contributed by atoms with Crippen LogP contribution in [0.15, 0.2) is 30.6 Å².